The zero-order chi connectivity index (χ0) is 11.6. The Kier molecular flexibility index (Phi) is 3.94. The van der Waals surface area contributed by atoms with Crippen molar-refractivity contribution in [3.8, 4) is 0 Å². The minimum absolute atomic E-state index is 0.473. The van der Waals surface area contributed by atoms with Gasteiger partial charge in [0.15, 0.2) is 0 Å². The highest BCUT2D eigenvalue weighted by molar-refractivity contribution is 4.94. The van der Waals surface area contributed by atoms with Crippen molar-refractivity contribution in [2.24, 2.45) is 23.0 Å². The second-order valence-corrected chi connectivity index (χ2v) is 6.59. The fraction of sp³-hybridized carbons (Fsp3) is 1.00. The number of hydrogen-bond donors (Lipinski definition) is 1. The van der Waals surface area contributed by atoms with Gasteiger partial charge in [0.2, 0.25) is 0 Å². The third kappa shape index (κ3) is 2.45. The standard InChI is InChI=1S/C15H29N/c1-3-12-7-6-8-13(11-12)14(16)15(2)9-4-5-10-15/h12-14H,3-11,16H2,1-2H3. The van der Waals surface area contributed by atoms with Crippen molar-refractivity contribution in [2.75, 3.05) is 0 Å². The van der Waals surface area contributed by atoms with Crippen LogP contribution in [0.15, 0.2) is 0 Å². The lowest BCUT2D eigenvalue weighted by Crippen LogP contribution is -2.45. The fourth-order valence-electron chi connectivity index (χ4n) is 4.11. The third-order valence-corrected chi connectivity index (χ3v) is 5.46. The molecule has 94 valence electrons. The zero-order valence-corrected chi connectivity index (χ0v) is 11.2. The van der Waals surface area contributed by atoms with Crippen LogP contribution in [0.5, 0.6) is 0 Å². The Bertz CT molecular complexity index is 217. The molecule has 16 heavy (non-hydrogen) atoms. The lowest BCUT2D eigenvalue weighted by atomic mass is 9.68. The van der Waals surface area contributed by atoms with Gasteiger partial charge in [0.1, 0.15) is 0 Å². The Labute approximate surface area is 101 Å². The van der Waals surface area contributed by atoms with Crippen LogP contribution in [-0.4, -0.2) is 6.04 Å². The van der Waals surface area contributed by atoms with Crippen molar-refractivity contribution in [3.05, 3.63) is 0 Å². The molecule has 0 aromatic carbocycles. The van der Waals surface area contributed by atoms with Crippen molar-refractivity contribution in [1.82, 2.24) is 0 Å². The molecule has 0 heterocycles. The average molecular weight is 223 g/mol. The van der Waals surface area contributed by atoms with Gasteiger partial charge < -0.3 is 5.73 Å². The van der Waals surface area contributed by atoms with Crippen LogP contribution in [0.25, 0.3) is 0 Å². The Balaban J connectivity index is 1.95. The highest BCUT2D eigenvalue weighted by Gasteiger charge is 2.40. The molecule has 0 amide bonds. The minimum atomic E-state index is 0.473. The maximum Gasteiger partial charge on any atom is 0.0121 e. The summed E-state index contributed by atoms with van der Waals surface area (Å²) >= 11 is 0. The lowest BCUT2D eigenvalue weighted by Gasteiger charge is -2.40. The summed E-state index contributed by atoms with van der Waals surface area (Å²) in [5, 5.41) is 0. The van der Waals surface area contributed by atoms with Gasteiger partial charge in [0.05, 0.1) is 0 Å². The van der Waals surface area contributed by atoms with Crippen LogP contribution in [-0.2, 0) is 0 Å². The van der Waals surface area contributed by atoms with Gasteiger partial charge in [-0.25, -0.2) is 0 Å². The molecule has 0 spiro atoms. The number of nitrogens with two attached hydrogens (primary N) is 1. The van der Waals surface area contributed by atoms with Crippen LogP contribution in [0.1, 0.15) is 71.6 Å². The highest BCUT2D eigenvalue weighted by atomic mass is 14.7. The van der Waals surface area contributed by atoms with E-state index in [1.54, 1.807) is 0 Å². The van der Waals surface area contributed by atoms with Gasteiger partial charge in [-0.3, -0.25) is 0 Å². The zero-order valence-electron chi connectivity index (χ0n) is 11.2. The van der Waals surface area contributed by atoms with E-state index >= 15 is 0 Å². The molecule has 1 heteroatoms. The molecule has 2 saturated carbocycles. The van der Waals surface area contributed by atoms with Gasteiger partial charge in [0.25, 0.3) is 0 Å². The van der Waals surface area contributed by atoms with Gasteiger partial charge in [-0.1, -0.05) is 46.0 Å². The molecule has 0 bridgehead atoms. The molecule has 2 rings (SSSR count). The molecule has 0 aromatic heterocycles. The van der Waals surface area contributed by atoms with Gasteiger partial charge in [-0.2, -0.15) is 0 Å². The number of hydrogen-bond acceptors (Lipinski definition) is 1. The minimum Gasteiger partial charge on any atom is -0.327 e. The second kappa shape index (κ2) is 5.08. The van der Waals surface area contributed by atoms with Crippen LogP contribution in [0.4, 0.5) is 0 Å². The molecule has 2 aliphatic rings. The molecule has 0 aliphatic heterocycles. The molecular weight excluding hydrogens is 194 g/mol. The molecule has 0 radical (unpaired) electrons. The van der Waals surface area contributed by atoms with Crippen LogP contribution in [0.3, 0.4) is 0 Å². The van der Waals surface area contributed by atoms with E-state index in [4.69, 9.17) is 5.73 Å². The number of rotatable bonds is 3. The predicted molar refractivity (Wildman–Crippen MR) is 70.3 cm³/mol. The first kappa shape index (κ1) is 12.4. The Morgan fingerprint density at radius 2 is 1.88 bits per heavy atom. The van der Waals surface area contributed by atoms with Crippen LogP contribution >= 0.6 is 0 Å². The largest absolute Gasteiger partial charge is 0.327 e. The van der Waals surface area contributed by atoms with Crippen molar-refractivity contribution in [2.45, 2.75) is 77.7 Å². The summed E-state index contributed by atoms with van der Waals surface area (Å²) in [6, 6.07) is 0.476. The monoisotopic (exact) mass is 223 g/mol. The van der Waals surface area contributed by atoms with Crippen LogP contribution in [0.2, 0.25) is 0 Å². The quantitative estimate of drug-likeness (QED) is 0.765. The summed E-state index contributed by atoms with van der Waals surface area (Å²) < 4.78 is 0. The molecule has 2 aliphatic carbocycles. The van der Waals surface area contributed by atoms with E-state index in [0.29, 0.717) is 11.5 Å². The summed E-state index contributed by atoms with van der Waals surface area (Å²) in [6.07, 6.45) is 12.6. The van der Waals surface area contributed by atoms with E-state index in [0.717, 1.165) is 11.8 Å². The molecule has 2 fully saturated rings. The lowest BCUT2D eigenvalue weighted by molar-refractivity contribution is 0.138. The van der Waals surface area contributed by atoms with Gasteiger partial charge in [-0.15, -0.1) is 0 Å². The predicted octanol–water partition coefficient (Wildman–Crippen LogP) is 4.11. The molecule has 2 N–H and O–H groups in total. The molecule has 1 nitrogen and oxygen atoms in total. The van der Waals surface area contributed by atoms with E-state index in [2.05, 4.69) is 13.8 Å². The first-order valence-corrected chi connectivity index (χ1v) is 7.41. The second-order valence-electron chi connectivity index (χ2n) is 6.59. The van der Waals surface area contributed by atoms with Gasteiger partial charge in [0, 0.05) is 6.04 Å². The molecule has 3 unspecified atom stereocenters. The Morgan fingerprint density at radius 3 is 2.50 bits per heavy atom. The van der Waals surface area contributed by atoms with Crippen molar-refractivity contribution in [3.63, 3.8) is 0 Å². The maximum atomic E-state index is 6.60. The van der Waals surface area contributed by atoms with Crippen molar-refractivity contribution in [1.29, 1.82) is 0 Å². The van der Waals surface area contributed by atoms with E-state index in [-0.39, 0.29) is 0 Å². The molecule has 3 atom stereocenters. The van der Waals surface area contributed by atoms with Gasteiger partial charge in [-0.05, 0) is 42.9 Å². The summed E-state index contributed by atoms with van der Waals surface area (Å²) in [6.45, 7) is 4.79. The van der Waals surface area contributed by atoms with E-state index < -0.39 is 0 Å². The van der Waals surface area contributed by atoms with E-state index in [9.17, 15) is 0 Å². The van der Waals surface area contributed by atoms with E-state index in [1.165, 1.54) is 57.8 Å². The first-order valence-electron chi connectivity index (χ1n) is 7.41. The van der Waals surface area contributed by atoms with Crippen molar-refractivity contribution < 1.29 is 0 Å². The fourth-order valence-corrected chi connectivity index (χ4v) is 4.11. The molecular formula is C15H29N. The van der Waals surface area contributed by atoms with Crippen molar-refractivity contribution >= 4 is 0 Å². The normalized spacial score (nSPS) is 36.2. The maximum absolute atomic E-state index is 6.60. The average Bonchev–Trinajstić information content (AvgIpc) is 2.76. The SMILES string of the molecule is CCC1CCCC(C(N)C2(C)CCCC2)C1. The van der Waals surface area contributed by atoms with E-state index in [1.807, 2.05) is 0 Å². The highest BCUT2D eigenvalue weighted by Crippen LogP contribution is 2.45. The topological polar surface area (TPSA) is 26.0 Å². The first-order chi connectivity index (χ1) is 7.65. The summed E-state index contributed by atoms with van der Waals surface area (Å²) in [5.41, 5.74) is 7.08. The molecule has 0 saturated heterocycles. The third-order valence-electron chi connectivity index (χ3n) is 5.46. The smallest absolute Gasteiger partial charge is 0.0121 e. The summed E-state index contributed by atoms with van der Waals surface area (Å²) in [4.78, 5) is 0. The van der Waals surface area contributed by atoms with Crippen LogP contribution < -0.4 is 5.73 Å². The summed E-state index contributed by atoms with van der Waals surface area (Å²) in [7, 11) is 0. The van der Waals surface area contributed by atoms with Gasteiger partial charge >= 0.3 is 0 Å². The Morgan fingerprint density at radius 1 is 1.19 bits per heavy atom. The molecule has 0 aromatic rings. The Hall–Kier alpha value is -0.0400. The van der Waals surface area contributed by atoms with Crippen LogP contribution in [0, 0.1) is 17.3 Å². The summed E-state index contributed by atoms with van der Waals surface area (Å²) in [5.74, 6) is 1.79.